The number of carbonyl (C=O) groups excluding carboxylic acids is 1. The summed E-state index contributed by atoms with van der Waals surface area (Å²) in [5.74, 6) is -0.149. The summed E-state index contributed by atoms with van der Waals surface area (Å²) in [6.45, 7) is 9.36. The van der Waals surface area contributed by atoms with Gasteiger partial charge in [-0.3, -0.25) is 9.69 Å². The molecule has 1 atom stereocenters. The first kappa shape index (κ1) is 16.4. The van der Waals surface area contributed by atoms with E-state index >= 15 is 0 Å². The van der Waals surface area contributed by atoms with E-state index in [1.165, 1.54) is 0 Å². The van der Waals surface area contributed by atoms with Crippen LogP contribution in [0.25, 0.3) is 0 Å². The first-order chi connectivity index (χ1) is 8.86. The number of carbonyl (C=O) groups is 1. The third kappa shape index (κ3) is 5.06. The van der Waals surface area contributed by atoms with Crippen LogP contribution < -0.4 is 11.1 Å². The SMILES string of the molecule is COCC(N)C(=O)NCC(C)(C)N1CCN(C)CC1. The number of piperazine rings is 1. The van der Waals surface area contributed by atoms with Crippen LogP contribution in [0.5, 0.6) is 0 Å². The number of rotatable bonds is 6. The van der Waals surface area contributed by atoms with Crippen molar-refractivity contribution in [2.45, 2.75) is 25.4 Å². The molecular weight excluding hydrogens is 244 g/mol. The molecule has 0 aliphatic carbocycles. The molecule has 0 aromatic heterocycles. The Balaban J connectivity index is 2.39. The Morgan fingerprint density at radius 1 is 1.37 bits per heavy atom. The number of hydrogen-bond acceptors (Lipinski definition) is 5. The lowest BCUT2D eigenvalue weighted by molar-refractivity contribution is -0.124. The van der Waals surface area contributed by atoms with Gasteiger partial charge in [-0.2, -0.15) is 0 Å². The Morgan fingerprint density at radius 2 is 1.95 bits per heavy atom. The van der Waals surface area contributed by atoms with Crippen LogP contribution in [-0.2, 0) is 9.53 Å². The standard InChI is InChI=1S/C13H28N4O2/c1-13(2,17-7-5-16(3)6-8-17)10-15-12(18)11(14)9-19-4/h11H,5-10,14H2,1-4H3,(H,15,18). The van der Waals surface area contributed by atoms with Crippen LogP contribution in [0.3, 0.4) is 0 Å². The highest BCUT2D eigenvalue weighted by Gasteiger charge is 2.29. The Labute approximate surface area is 116 Å². The molecule has 6 heteroatoms. The van der Waals surface area contributed by atoms with Gasteiger partial charge >= 0.3 is 0 Å². The van der Waals surface area contributed by atoms with E-state index in [1.54, 1.807) is 7.11 Å². The molecule has 1 unspecified atom stereocenters. The van der Waals surface area contributed by atoms with Gasteiger partial charge in [0, 0.05) is 45.4 Å². The van der Waals surface area contributed by atoms with Gasteiger partial charge < -0.3 is 20.7 Å². The zero-order valence-electron chi connectivity index (χ0n) is 12.6. The van der Waals surface area contributed by atoms with Gasteiger partial charge in [-0.1, -0.05) is 0 Å². The van der Waals surface area contributed by atoms with Gasteiger partial charge in [0.05, 0.1) is 6.61 Å². The maximum atomic E-state index is 11.8. The molecule has 0 saturated carbocycles. The quantitative estimate of drug-likeness (QED) is 0.656. The van der Waals surface area contributed by atoms with Gasteiger partial charge in [0.2, 0.25) is 5.91 Å². The van der Waals surface area contributed by atoms with Gasteiger partial charge in [0.25, 0.3) is 0 Å². The molecule has 112 valence electrons. The number of amides is 1. The molecule has 1 rings (SSSR count). The smallest absolute Gasteiger partial charge is 0.239 e. The average Bonchev–Trinajstić information content (AvgIpc) is 2.37. The molecule has 0 aromatic carbocycles. The Bertz CT molecular complexity index is 288. The van der Waals surface area contributed by atoms with Crippen molar-refractivity contribution >= 4 is 5.91 Å². The fraction of sp³-hybridized carbons (Fsp3) is 0.923. The zero-order valence-corrected chi connectivity index (χ0v) is 12.6. The maximum absolute atomic E-state index is 11.8. The largest absolute Gasteiger partial charge is 0.383 e. The van der Waals surface area contributed by atoms with E-state index in [4.69, 9.17) is 10.5 Å². The molecule has 3 N–H and O–H groups in total. The van der Waals surface area contributed by atoms with Crippen molar-refractivity contribution < 1.29 is 9.53 Å². The second-order valence-corrected chi connectivity index (χ2v) is 5.88. The summed E-state index contributed by atoms with van der Waals surface area (Å²) in [5.41, 5.74) is 5.64. The summed E-state index contributed by atoms with van der Waals surface area (Å²) in [6.07, 6.45) is 0. The first-order valence-electron chi connectivity index (χ1n) is 6.82. The molecule has 0 spiro atoms. The molecule has 1 heterocycles. The number of likely N-dealkylation sites (N-methyl/N-ethyl adjacent to an activating group) is 1. The van der Waals surface area contributed by atoms with Gasteiger partial charge in [0.1, 0.15) is 6.04 Å². The van der Waals surface area contributed by atoms with E-state index in [2.05, 4.69) is 36.0 Å². The molecule has 1 saturated heterocycles. The third-order valence-electron chi connectivity index (χ3n) is 3.74. The fourth-order valence-corrected chi connectivity index (χ4v) is 2.21. The van der Waals surface area contributed by atoms with Crippen LogP contribution in [0.15, 0.2) is 0 Å². The minimum absolute atomic E-state index is 0.0519. The molecule has 1 fully saturated rings. The lowest BCUT2D eigenvalue weighted by Crippen LogP contribution is -2.59. The highest BCUT2D eigenvalue weighted by molar-refractivity contribution is 5.81. The predicted octanol–water partition coefficient (Wildman–Crippen LogP) is -0.898. The van der Waals surface area contributed by atoms with Crippen LogP contribution in [0.4, 0.5) is 0 Å². The average molecular weight is 272 g/mol. The minimum atomic E-state index is -0.590. The van der Waals surface area contributed by atoms with Gasteiger partial charge in [-0.25, -0.2) is 0 Å². The first-order valence-corrected chi connectivity index (χ1v) is 6.82. The molecule has 0 radical (unpaired) electrons. The fourth-order valence-electron chi connectivity index (χ4n) is 2.21. The molecule has 6 nitrogen and oxygen atoms in total. The van der Waals surface area contributed by atoms with Gasteiger partial charge in [-0.15, -0.1) is 0 Å². The second-order valence-electron chi connectivity index (χ2n) is 5.88. The highest BCUT2D eigenvalue weighted by atomic mass is 16.5. The number of nitrogens with two attached hydrogens (primary N) is 1. The highest BCUT2D eigenvalue weighted by Crippen LogP contribution is 2.15. The van der Waals surface area contributed by atoms with Gasteiger partial charge in [-0.05, 0) is 20.9 Å². The van der Waals surface area contributed by atoms with Crippen LogP contribution in [0.2, 0.25) is 0 Å². The number of hydrogen-bond donors (Lipinski definition) is 2. The van der Waals surface area contributed by atoms with Crippen molar-refractivity contribution in [1.29, 1.82) is 0 Å². The number of nitrogens with one attached hydrogen (secondary N) is 1. The van der Waals surface area contributed by atoms with Crippen molar-refractivity contribution in [2.75, 3.05) is 53.5 Å². The van der Waals surface area contributed by atoms with E-state index in [1.807, 2.05) is 0 Å². The monoisotopic (exact) mass is 272 g/mol. The Morgan fingerprint density at radius 3 is 2.47 bits per heavy atom. The van der Waals surface area contributed by atoms with E-state index < -0.39 is 6.04 Å². The molecular formula is C13H28N4O2. The Hall–Kier alpha value is -0.690. The number of nitrogens with zero attached hydrogens (tertiary/aromatic N) is 2. The third-order valence-corrected chi connectivity index (χ3v) is 3.74. The van der Waals surface area contributed by atoms with Crippen molar-refractivity contribution in [3.8, 4) is 0 Å². The lowest BCUT2D eigenvalue weighted by Gasteiger charge is -2.43. The molecule has 0 aromatic rings. The summed E-state index contributed by atoms with van der Waals surface area (Å²) < 4.78 is 4.88. The summed E-state index contributed by atoms with van der Waals surface area (Å²) in [6, 6.07) is -0.590. The summed E-state index contributed by atoms with van der Waals surface area (Å²) in [4.78, 5) is 16.5. The van der Waals surface area contributed by atoms with E-state index in [-0.39, 0.29) is 18.1 Å². The maximum Gasteiger partial charge on any atom is 0.239 e. The lowest BCUT2D eigenvalue weighted by atomic mass is 10.0. The summed E-state index contributed by atoms with van der Waals surface area (Å²) >= 11 is 0. The number of methoxy groups -OCH3 is 1. The minimum Gasteiger partial charge on any atom is -0.383 e. The van der Waals surface area contributed by atoms with Crippen molar-refractivity contribution in [3.05, 3.63) is 0 Å². The van der Waals surface area contributed by atoms with Crippen LogP contribution in [-0.4, -0.2) is 80.8 Å². The van der Waals surface area contributed by atoms with E-state index in [9.17, 15) is 4.79 Å². The predicted molar refractivity (Wildman–Crippen MR) is 76.0 cm³/mol. The van der Waals surface area contributed by atoms with Crippen molar-refractivity contribution in [2.24, 2.45) is 5.73 Å². The Kier molecular flexibility index (Phi) is 6.19. The molecule has 1 amide bonds. The molecule has 1 aliphatic rings. The second kappa shape index (κ2) is 7.19. The van der Waals surface area contributed by atoms with E-state index in [0.717, 1.165) is 26.2 Å². The molecule has 1 aliphatic heterocycles. The van der Waals surface area contributed by atoms with Gasteiger partial charge in [0.15, 0.2) is 0 Å². The topological polar surface area (TPSA) is 70.8 Å². The summed E-state index contributed by atoms with van der Waals surface area (Å²) in [5, 5.41) is 2.92. The molecule has 0 bridgehead atoms. The van der Waals surface area contributed by atoms with Crippen molar-refractivity contribution in [1.82, 2.24) is 15.1 Å². The normalized spacial score (nSPS) is 20.3. The van der Waals surface area contributed by atoms with Crippen LogP contribution in [0.1, 0.15) is 13.8 Å². The van der Waals surface area contributed by atoms with Crippen LogP contribution in [0, 0.1) is 0 Å². The number of ether oxygens (including phenoxy) is 1. The summed E-state index contributed by atoms with van der Waals surface area (Å²) in [7, 11) is 3.68. The zero-order chi connectivity index (χ0) is 14.5. The molecule has 19 heavy (non-hydrogen) atoms. The van der Waals surface area contributed by atoms with Crippen LogP contribution >= 0.6 is 0 Å². The van der Waals surface area contributed by atoms with Crippen molar-refractivity contribution in [3.63, 3.8) is 0 Å². The van der Waals surface area contributed by atoms with E-state index in [0.29, 0.717) is 6.54 Å².